The molecule has 0 spiro atoms. The van der Waals surface area contributed by atoms with Gasteiger partial charge in [0, 0.05) is 19.1 Å². The van der Waals surface area contributed by atoms with Gasteiger partial charge < -0.3 is 5.32 Å². The minimum atomic E-state index is -2.99. The first-order valence-electron chi connectivity index (χ1n) is 6.52. The summed E-state index contributed by atoms with van der Waals surface area (Å²) in [4.78, 5) is 0. The van der Waals surface area contributed by atoms with Crippen LogP contribution in [0.1, 0.15) is 33.6 Å². The summed E-state index contributed by atoms with van der Waals surface area (Å²) in [6.45, 7) is 8.82. The molecule has 0 aromatic rings. The van der Waals surface area contributed by atoms with Gasteiger partial charge in [0.1, 0.15) is 0 Å². The van der Waals surface area contributed by atoms with Crippen molar-refractivity contribution in [3.8, 4) is 0 Å². The summed E-state index contributed by atoms with van der Waals surface area (Å²) in [6, 6.07) is 0.288. The molecule has 1 N–H and O–H groups in total. The number of hydrogen-bond donors (Lipinski definition) is 1. The number of rotatable bonds is 2. The van der Waals surface area contributed by atoms with Crippen LogP contribution in [0.5, 0.6) is 0 Å². The van der Waals surface area contributed by atoms with Crippen LogP contribution >= 0.6 is 0 Å². The minimum Gasteiger partial charge on any atom is -0.312 e. The van der Waals surface area contributed by atoms with Crippen LogP contribution < -0.4 is 5.32 Å². The molecule has 17 heavy (non-hydrogen) atoms. The number of piperidine rings is 1. The van der Waals surface area contributed by atoms with E-state index in [-0.39, 0.29) is 17.4 Å². The summed E-state index contributed by atoms with van der Waals surface area (Å²) in [6.07, 6.45) is 2.36. The second-order valence-electron chi connectivity index (χ2n) is 6.30. The fraction of sp³-hybridized carbons (Fsp3) is 1.00. The largest absolute Gasteiger partial charge is 0.312 e. The molecule has 5 heteroatoms. The summed E-state index contributed by atoms with van der Waals surface area (Å²) in [5.41, 5.74) is 0.194. The fourth-order valence-electron chi connectivity index (χ4n) is 2.95. The molecule has 2 unspecified atom stereocenters. The summed E-state index contributed by atoms with van der Waals surface area (Å²) in [5.74, 6) is 0.590. The van der Waals surface area contributed by atoms with Gasteiger partial charge in [0.2, 0.25) is 10.0 Å². The zero-order valence-corrected chi connectivity index (χ0v) is 11.9. The summed E-state index contributed by atoms with van der Waals surface area (Å²) >= 11 is 0. The van der Waals surface area contributed by atoms with E-state index in [2.05, 4.69) is 19.2 Å². The Labute approximate surface area is 105 Å². The van der Waals surface area contributed by atoms with Gasteiger partial charge in [-0.2, -0.15) is 0 Å². The van der Waals surface area contributed by atoms with Crippen LogP contribution in [0.3, 0.4) is 0 Å². The zero-order valence-electron chi connectivity index (χ0n) is 11.1. The number of sulfonamides is 1. The lowest BCUT2D eigenvalue weighted by atomic mass is 9.77. The summed E-state index contributed by atoms with van der Waals surface area (Å²) in [5, 5.41) is 3.48. The molecule has 2 heterocycles. The topological polar surface area (TPSA) is 49.4 Å². The molecular formula is C12H24N2O2S. The Morgan fingerprint density at radius 3 is 2.65 bits per heavy atom. The number of nitrogens with one attached hydrogen (secondary N) is 1. The molecular weight excluding hydrogens is 236 g/mol. The van der Waals surface area contributed by atoms with Crippen molar-refractivity contribution < 1.29 is 8.42 Å². The van der Waals surface area contributed by atoms with Crippen molar-refractivity contribution in [3.63, 3.8) is 0 Å². The van der Waals surface area contributed by atoms with Crippen LogP contribution in [-0.4, -0.2) is 44.2 Å². The SMILES string of the molecule is CC1CN(CC2NCCCC2(C)C)S(=O)(=O)C1. The Hall–Kier alpha value is -0.130. The van der Waals surface area contributed by atoms with Crippen LogP contribution in [0.15, 0.2) is 0 Å². The van der Waals surface area contributed by atoms with E-state index in [1.54, 1.807) is 4.31 Å². The molecule has 4 nitrogen and oxygen atoms in total. The van der Waals surface area contributed by atoms with Crippen LogP contribution in [0, 0.1) is 11.3 Å². The highest BCUT2D eigenvalue weighted by Crippen LogP contribution is 2.32. The van der Waals surface area contributed by atoms with Gasteiger partial charge in [-0.15, -0.1) is 0 Å². The van der Waals surface area contributed by atoms with E-state index in [0.717, 1.165) is 6.54 Å². The zero-order chi connectivity index (χ0) is 12.7. The Kier molecular flexibility index (Phi) is 3.54. The molecule has 0 aromatic carbocycles. The maximum Gasteiger partial charge on any atom is 0.214 e. The Morgan fingerprint density at radius 1 is 1.41 bits per heavy atom. The first kappa shape index (κ1) is 13.3. The monoisotopic (exact) mass is 260 g/mol. The van der Waals surface area contributed by atoms with Gasteiger partial charge in [-0.25, -0.2) is 12.7 Å². The quantitative estimate of drug-likeness (QED) is 0.807. The molecule has 0 radical (unpaired) electrons. The van der Waals surface area contributed by atoms with Crippen LogP contribution in [0.25, 0.3) is 0 Å². The van der Waals surface area contributed by atoms with Gasteiger partial charge in [0.05, 0.1) is 5.75 Å². The normalized spacial score (nSPS) is 37.1. The maximum absolute atomic E-state index is 12.0. The lowest BCUT2D eigenvalue weighted by molar-refractivity contribution is 0.156. The standard InChI is InChI=1S/C12H24N2O2S/c1-10-7-14(17(15,16)9-10)8-11-12(2,3)5-4-6-13-11/h10-11,13H,4-9H2,1-3H3. The van der Waals surface area contributed by atoms with Crippen LogP contribution in [-0.2, 0) is 10.0 Å². The molecule has 0 aromatic heterocycles. The van der Waals surface area contributed by atoms with Gasteiger partial charge in [-0.3, -0.25) is 0 Å². The van der Waals surface area contributed by atoms with Crippen molar-refractivity contribution in [3.05, 3.63) is 0 Å². The Bertz CT molecular complexity index is 378. The molecule has 0 amide bonds. The molecule has 0 saturated carbocycles. The van der Waals surface area contributed by atoms with Gasteiger partial charge in [0.25, 0.3) is 0 Å². The van der Waals surface area contributed by atoms with E-state index >= 15 is 0 Å². The lowest BCUT2D eigenvalue weighted by Crippen LogP contribution is -2.53. The fourth-order valence-corrected chi connectivity index (χ4v) is 4.85. The second-order valence-corrected chi connectivity index (χ2v) is 8.31. The van der Waals surface area contributed by atoms with E-state index in [9.17, 15) is 8.42 Å². The summed E-state index contributed by atoms with van der Waals surface area (Å²) < 4.78 is 25.6. The third-order valence-corrected chi connectivity index (χ3v) is 6.20. The van der Waals surface area contributed by atoms with Gasteiger partial charge in [-0.1, -0.05) is 20.8 Å². The van der Waals surface area contributed by atoms with Crippen molar-refractivity contribution >= 4 is 10.0 Å². The minimum absolute atomic E-state index is 0.194. The van der Waals surface area contributed by atoms with Crippen molar-refractivity contribution in [2.24, 2.45) is 11.3 Å². The maximum atomic E-state index is 12.0. The predicted octanol–water partition coefficient (Wildman–Crippen LogP) is 1.05. The van der Waals surface area contributed by atoms with Crippen LogP contribution in [0.2, 0.25) is 0 Å². The van der Waals surface area contributed by atoms with E-state index in [1.165, 1.54) is 12.8 Å². The Balaban J connectivity index is 2.06. The highest BCUT2D eigenvalue weighted by molar-refractivity contribution is 7.89. The van der Waals surface area contributed by atoms with Crippen molar-refractivity contribution in [2.75, 3.05) is 25.4 Å². The molecule has 2 fully saturated rings. The predicted molar refractivity (Wildman–Crippen MR) is 69.3 cm³/mol. The average molecular weight is 260 g/mol. The van der Waals surface area contributed by atoms with Gasteiger partial charge in [0.15, 0.2) is 0 Å². The van der Waals surface area contributed by atoms with Gasteiger partial charge in [-0.05, 0) is 30.7 Å². The molecule has 2 saturated heterocycles. The van der Waals surface area contributed by atoms with Crippen molar-refractivity contribution in [1.82, 2.24) is 9.62 Å². The Morgan fingerprint density at radius 2 is 2.12 bits per heavy atom. The molecule has 2 aliphatic rings. The van der Waals surface area contributed by atoms with Crippen molar-refractivity contribution in [2.45, 2.75) is 39.7 Å². The third-order valence-electron chi connectivity index (χ3n) is 4.12. The first-order valence-corrected chi connectivity index (χ1v) is 8.13. The molecule has 0 bridgehead atoms. The van der Waals surface area contributed by atoms with E-state index in [1.807, 2.05) is 6.92 Å². The highest BCUT2D eigenvalue weighted by Gasteiger charge is 2.39. The van der Waals surface area contributed by atoms with Crippen LogP contribution in [0.4, 0.5) is 0 Å². The van der Waals surface area contributed by atoms with E-state index in [0.29, 0.717) is 18.8 Å². The lowest BCUT2D eigenvalue weighted by Gasteiger charge is -2.41. The smallest absolute Gasteiger partial charge is 0.214 e. The van der Waals surface area contributed by atoms with E-state index in [4.69, 9.17) is 0 Å². The summed E-state index contributed by atoms with van der Waals surface area (Å²) in [7, 11) is -2.99. The molecule has 100 valence electrons. The number of nitrogens with zero attached hydrogens (tertiary/aromatic N) is 1. The molecule has 2 rings (SSSR count). The number of hydrogen-bond acceptors (Lipinski definition) is 3. The average Bonchev–Trinajstić information content (AvgIpc) is 2.43. The van der Waals surface area contributed by atoms with Gasteiger partial charge >= 0.3 is 0 Å². The van der Waals surface area contributed by atoms with Crippen molar-refractivity contribution in [1.29, 1.82) is 0 Å². The van der Waals surface area contributed by atoms with E-state index < -0.39 is 10.0 Å². The first-order chi connectivity index (χ1) is 7.81. The molecule has 0 aliphatic carbocycles. The highest BCUT2D eigenvalue weighted by atomic mass is 32.2. The molecule has 2 aliphatic heterocycles. The second kappa shape index (κ2) is 4.52. The molecule has 2 atom stereocenters. The third kappa shape index (κ3) is 2.83.